The van der Waals surface area contributed by atoms with E-state index in [2.05, 4.69) is 0 Å². The van der Waals surface area contributed by atoms with Gasteiger partial charge in [-0.1, -0.05) is 23.8 Å². The minimum atomic E-state index is -0.731. The number of carbonyl (C=O) groups is 2. The first-order valence-electron chi connectivity index (χ1n) is 13.1. The fraction of sp³-hybridized carbons (Fsp3) is 0.333. The number of aryl methyl sites for hydroxylation is 1. The zero-order valence-electron chi connectivity index (χ0n) is 23.0. The van der Waals surface area contributed by atoms with Crippen LogP contribution in [0.4, 0.5) is 11.4 Å². The molecule has 2 aliphatic heterocycles. The van der Waals surface area contributed by atoms with Crippen LogP contribution in [0, 0.1) is 23.0 Å². The summed E-state index contributed by atoms with van der Waals surface area (Å²) < 4.78 is 27.5. The Hall–Kier alpha value is -4.64. The molecule has 0 spiro atoms. The van der Waals surface area contributed by atoms with Gasteiger partial charge in [-0.05, 0) is 43.2 Å². The monoisotopic (exact) mass is 562 g/mol. The normalized spacial score (nSPS) is 18.2. The molecule has 11 heteroatoms. The molecular weight excluding hydrogens is 532 g/mol. The molecule has 2 aliphatic rings. The van der Waals surface area contributed by atoms with Gasteiger partial charge in [0.05, 0.1) is 37.7 Å². The van der Waals surface area contributed by atoms with E-state index in [9.17, 15) is 19.7 Å². The van der Waals surface area contributed by atoms with Crippen molar-refractivity contribution in [3.63, 3.8) is 0 Å². The van der Waals surface area contributed by atoms with Gasteiger partial charge >= 0.3 is 5.97 Å². The molecule has 3 aromatic carbocycles. The molecule has 41 heavy (non-hydrogen) atoms. The summed E-state index contributed by atoms with van der Waals surface area (Å²) >= 11 is 0. The van der Waals surface area contributed by atoms with E-state index in [0.717, 1.165) is 5.56 Å². The molecule has 5 rings (SSSR count). The molecule has 11 nitrogen and oxygen atoms in total. The summed E-state index contributed by atoms with van der Waals surface area (Å²) in [7, 11) is 3.05. The van der Waals surface area contributed by atoms with Crippen molar-refractivity contribution in [2.24, 2.45) is 5.92 Å². The summed E-state index contributed by atoms with van der Waals surface area (Å²) in [6.07, 6.45) is 0.403. The van der Waals surface area contributed by atoms with Crippen LogP contribution < -0.4 is 19.1 Å². The molecule has 0 unspecified atom stereocenters. The molecule has 0 bridgehead atoms. The Labute approximate surface area is 236 Å². The smallest absolute Gasteiger partial charge is 0.311 e. The third-order valence-corrected chi connectivity index (χ3v) is 7.31. The molecule has 214 valence electrons. The van der Waals surface area contributed by atoms with Gasteiger partial charge in [0, 0.05) is 35.4 Å². The number of fused-ring (bicyclic) bond motifs is 1. The van der Waals surface area contributed by atoms with Gasteiger partial charge in [-0.2, -0.15) is 0 Å². The maximum atomic E-state index is 13.7. The van der Waals surface area contributed by atoms with Crippen molar-refractivity contribution < 1.29 is 38.2 Å². The number of ether oxygens (including phenoxy) is 5. The fourth-order valence-electron chi connectivity index (χ4n) is 5.32. The lowest BCUT2D eigenvalue weighted by Gasteiger charge is -2.40. The first-order valence-corrected chi connectivity index (χ1v) is 13.1. The van der Waals surface area contributed by atoms with Gasteiger partial charge in [0.15, 0.2) is 18.3 Å². The predicted molar refractivity (Wildman–Crippen MR) is 147 cm³/mol. The maximum absolute atomic E-state index is 13.7. The summed E-state index contributed by atoms with van der Waals surface area (Å²) in [4.78, 5) is 39.7. The predicted octanol–water partition coefficient (Wildman–Crippen LogP) is 5.01. The fourth-order valence-corrected chi connectivity index (χ4v) is 5.32. The number of piperidine rings is 1. The summed E-state index contributed by atoms with van der Waals surface area (Å²) in [6.45, 7) is 1.85. The Morgan fingerprint density at radius 2 is 1.83 bits per heavy atom. The standard InChI is InChI=1S/C30H30N2O9/c1-18-4-7-22(8-5-18)31-27(33)11-9-24(28(31)19-6-10-25(37-2)26(14-19)38-3)30(34)40-16-21-13-23(32(35)36)12-20-15-39-17-41-29(20)21/h4-8,10,12-14,24,28H,9,11,15-17H2,1-3H3/t24-,28+/m1/s1. The molecule has 1 saturated heterocycles. The van der Waals surface area contributed by atoms with Gasteiger partial charge in [-0.3, -0.25) is 19.7 Å². The lowest BCUT2D eigenvalue weighted by molar-refractivity contribution is -0.385. The zero-order chi connectivity index (χ0) is 29.1. The van der Waals surface area contributed by atoms with Gasteiger partial charge in [0.1, 0.15) is 12.4 Å². The molecule has 1 fully saturated rings. The van der Waals surface area contributed by atoms with Gasteiger partial charge in [-0.25, -0.2) is 0 Å². The van der Waals surface area contributed by atoms with Crippen molar-refractivity contribution in [2.75, 3.05) is 25.9 Å². The Kier molecular flexibility index (Phi) is 8.06. The molecule has 2 atom stereocenters. The molecule has 1 amide bonds. The average Bonchev–Trinajstić information content (AvgIpc) is 2.99. The van der Waals surface area contributed by atoms with Crippen molar-refractivity contribution in [1.29, 1.82) is 0 Å². The van der Waals surface area contributed by atoms with E-state index in [0.29, 0.717) is 39.6 Å². The summed E-state index contributed by atoms with van der Waals surface area (Å²) in [5.41, 5.74) is 3.08. The molecule has 0 aliphatic carbocycles. The van der Waals surface area contributed by atoms with Gasteiger partial charge in [-0.15, -0.1) is 0 Å². The maximum Gasteiger partial charge on any atom is 0.311 e. The Bertz CT molecular complexity index is 1470. The van der Waals surface area contributed by atoms with Crippen LogP contribution in [0.25, 0.3) is 0 Å². The van der Waals surface area contributed by atoms with Crippen molar-refractivity contribution >= 4 is 23.3 Å². The lowest BCUT2D eigenvalue weighted by atomic mass is 9.83. The van der Waals surface area contributed by atoms with Crippen LogP contribution in [-0.2, 0) is 32.3 Å². The molecule has 0 aromatic heterocycles. The number of methoxy groups -OCH3 is 2. The lowest BCUT2D eigenvalue weighted by Crippen LogP contribution is -2.46. The second kappa shape index (κ2) is 11.8. The SMILES string of the molecule is COc1ccc([C@H]2[C@H](C(=O)OCc3cc([N+](=O)[O-])cc4c3OCOC4)CCC(=O)N2c2ccc(C)cc2)cc1OC. The molecule has 2 heterocycles. The average molecular weight is 563 g/mol. The molecule has 0 saturated carbocycles. The van der Waals surface area contributed by atoms with Crippen molar-refractivity contribution in [1.82, 2.24) is 0 Å². The summed E-state index contributed by atoms with van der Waals surface area (Å²) in [5, 5.41) is 11.5. The first-order chi connectivity index (χ1) is 19.8. The number of nitro groups is 1. The third kappa shape index (κ3) is 5.66. The highest BCUT2D eigenvalue weighted by Crippen LogP contribution is 2.43. The van der Waals surface area contributed by atoms with E-state index in [1.54, 1.807) is 23.1 Å². The Morgan fingerprint density at radius 3 is 2.54 bits per heavy atom. The molecular formula is C30H30N2O9. The van der Waals surface area contributed by atoms with E-state index >= 15 is 0 Å². The van der Waals surface area contributed by atoms with E-state index in [1.165, 1.54) is 26.4 Å². The summed E-state index contributed by atoms with van der Waals surface area (Å²) in [6, 6.07) is 14.8. The van der Waals surface area contributed by atoms with Crippen molar-refractivity contribution in [3.8, 4) is 17.2 Å². The molecule has 0 radical (unpaired) electrons. The van der Waals surface area contributed by atoms with Gasteiger partial charge in [0.2, 0.25) is 5.91 Å². The first kappa shape index (κ1) is 27.9. The highest BCUT2D eigenvalue weighted by molar-refractivity contribution is 5.97. The third-order valence-electron chi connectivity index (χ3n) is 7.31. The quantitative estimate of drug-likeness (QED) is 0.211. The Morgan fingerprint density at radius 1 is 1.07 bits per heavy atom. The van der Waals surface area contributed by atoms with Crippen molar-refractivity contribution in [3.05, 3.63) is 87.0 Å². The number of nitrogens with zero attached hydrogens (tertiary/aromatic N) is 2. The van der Waals surface area contributed by atoms with Crippen LogP contribution >= 0.6 is 0 Å². The van der Waals surface area contributed by atoms with E-state index in [4.69, 9.17) is 23.7 Å². The van der Waals surface area contributed by atoms with Gasteiger partial charge < -0.3 is 28.6 Å². The molecule has 0 N–H and O–H groups in total. The van der Waals surface area contributed by atoms with Gasteiger partial charge in [0.25, 0.3) is 5.69 Å². The number of amides is 1. The number of anilines is 1. The highest BCUT2D eigenvalue weighted by atomic mass is 16.7. The number of carbonyl (C=O) groups excluding carboxylic acids is 2. The number of rotatable bonds is 8. The van der Waals surface area contributed by atoms with E-state index < -0.39 is 22.9 Å². The van der Waals surface area contributed by atoms with Crippen LogP contribution in [-0.4, -0.2) is 37.8 Å². The topological polar surface area (TPSA) is 127 Å². The van der Waals surface area contributed by atoms with E-state index in [1.807, 2.05) is 31.2 Å². The Balaban J connectivity index is 1.50. The van der Waals surface area contributed by atoms with Crippen LogP contribution in [0.5, 0.6) is 17.2 Å². The van der Waals surface area contributed by atoms with Crippen molar-refractivity contribution in [2.45, 2.75) is 39.0 Å². The second-order valence-electron chi connectivity index (χ2n) is 9.87. The number of hydrogen-bond acceptors (Lipinski definition) is 9. The van der Waals surface area contributed by atoms with Crippen LogP contribution in [0.3, 0.4) is 0 Å². The van der Waals surface area contributed by atoms with Crippen LogP contribution in [0.1, 0.15) is 41.1 Å². The number of benzene rings is 3. The number of esters is 1. The zero-order valence-corrected chi connectivity index (χ0v) is 23.0. The number of non-ortho nitro benzene ring substituents is 1. The minimum Gasteiger partial charge on any atom is -0.493 e. The van der Waals surface area contributed by atoms with Crippen LogP contribution in [0.15, 0.2) is 54.6 Å². The second-order valence-corrected chi connectivity index (χ2v) is 9.87. The number of nitro benzene ring substituents is 1. The largest absolute Gasteiger partial charge is 0.493 e. The number of hydrogen-bond donors (Lipinski definition) is 0. The highest BCUT2D eigenvalue weighted by Gasteiger charge is 2.43. The van der Waals surface area contributed by atoms with E-state index in [-0.39, 0.29) is 44.4 Å². The molecule has 3 aromatic rings. The van der Waals surface area contributed by atoms with Crippen LogP contribution in [0.2, 0.25) is 0 Å². The minimum absolute atomic E-state index is 0.0105. The summed E-state index contributed by atoms with van der Waals surface area (Å²) in [5.74, 6) is -0.0157.